The number of aromatic nitrogens is 2. The lowest BCUT2D eigenvalue weighted by molar-refractivity contribution is 0.102. The lowest BCUT2D eigenvalue weighted by Crippen LogP contribution is -2.14. The van der Waals surface area contributed by atoms with Gasteiger partial charge in [-0.25, -0.2) is 9.37 Å². The van der Waals surface area contributed by atoms with E-state index in [1.54, 1.807) is 24.3 Å². The van der Waals surface area contributed by atoms with Gasteiger partial charge in [-0.3, -0.25) is 4.79 Å². The van der Waals surface area contributed by atoms with Gasteiger partial charge in [0.1, 0.15) is 23.8 Å². The van der Waals surface area contributed by atoms with Crippen LogP contribution in [0.3, 0.4) is 0 Å². The SMILES string of the molecule is Cc1cccn2cc(COc3ccccc3C(=O)Nc3cc(Cl)ccc3F)nc12. The first-order chi connectivity index (χ1) is 14.0. The third-order valence-electron chi connectivity index (χ3n) is 4.41. The van der Waals surface area contributed by atoms with Crippen molar-refractivity contribution in [2.45, 2.75) is 13.5 Å². The first-order valence-electron chi connectivity index (χ1n) is 8.93. The number of pyridine rings is 1. The number of ether oxygens (including phenoxy) is 1. The van der Waals surface area contributed by atoms with Gasteiger partial charge >= 0.3 is 0 Å². The van der Waals surface area contributed by atoms with Crippen molar-refractivity contribution in [1.29, 1.82) is 0 Å². The number of imidazole rings is 1. The number of aryl methyl sites for hydroxylation is 1. The molecular formula is C22H17ClFN3O2. The highest BCUT2D eigenvalue weighted by Crippen LogP contribution is 2.24. The van der Waals surface area contributed by atoms with Crippen molar-refractivity contribution in [2.24, 2.45) is 0 Å². The Morgan fingerprint density at radius 2 is 2.03 bits per heavy atom. The normalized spacial score (nSPS) is 10.9. The molecule has 0 aliphatic rings. The fraction of sp³-hybridized carbons (Fsp3) is 0.0909. The van der Waals surface area contributed by atoms with E-state index in [2.05, 4.69) is 10.3 Å². The van der Waals surface area contributed by atoms with Crippen LogP contribution in [0.25, 0.3) is 5.65 Å². The molecule has 5 nitrogen and oxygen atoms in total. The van der Waals surface area contributed by atoms with Gasteiger partial charge in [0.2, 0.25) is 0 Å². The lowest BCUT2D eigenvalue weighted by Gasteiger charge is -2.11. The maximum atomic E-state index is 13.9. The number of nitrogens with one attached hydrogen (secondary N) is 1. The van der Waals surface area contributed by atoms with Crippen LogP contribution in [0, 0.1) is 12.7 Å². The summed E-state index contributed by atoms with van der Waals surface area (Å²) in [6, 6.07) is 14.7. The van der Waals surface area contributed by atoms with E-state index in [1.165, 1.54) is 18.2 Å². The Morgan fingerprint density at radius 1 is 1.21 bits per heavy atom. The van der Waals surface area contributed by atoms with Crippen molar-refractivity contribution >= 4 is 28.8 Å². The Balaban J connectivity index is 1.53. The Hall–Kier alpha value is -3.38. The quantitative estimate of drug-likeness (QED) is 0.488. The van der Waals surface area contributed by atoms with Crippen LogP contribution in [0.1, 0.15) is 21.6 Å². The fourth-order valence-corrected chi connectivity index (χ4v) is 3.16. The largest absolute Gasteiger partial charge is 0.486 e. The van der Waals surface area contributed by atoms with Gasteiger partial charge < -0.3 is 14.5 Å². The van der Waals surface area contributed by atoms with Crippen LogP contribution in [-0.4, -0.2) is 15.3 Å². The molecule has 7 heteroatoms. The van der Waals surface area contributed by atoms with E-state index in [0.717, 1.165) is 16.9 Å². The Morgan fingerprint density at radius 3 is 2.86 bits per heavy atom. The van der Waals surface area contributed by atoms with Crippen LogP contribution >= 0.6 is 11.6 Å². The van der Waals surface area contributed by atoms with Gasteiger partial charge in [0.25, 0.3) is 5.91 Å². The average Bonchev–Trinajstić information content (AvgIpc) is 3.14. The van der Waals surface area contributed by atoms with Crippen LogP contribution in [0.2, 0.25) is 5.02 Å². The summed E-state index contributed by atoms with van der Waals surface area (Å²) in [4.78, 5) is 17.2. The summed E-state index contributed by atoms with van der Waals surface area (Å²) in [6.07, 6.45) is 3.80. The number of nitrogens with zero attached hydrogens (tertiary/aromatic N) is 2. The van der Waals surface area contributed by atoms with E-state index in [1.807, 2.05) is 35.9 Å². The van der Waals surface area contributed by atoms with Gasteiger partial charge in [0.15, 0.2) is 0 Å². The number of hydrogen-bond acceptors (Lipinski definition) is 3. The van der Waals surface area contributed by atoms with Crippen molar-refractivity contribution in [2.75, 3.05) is 5.32 Å². The second kappa shape index (κ2) is 7.93. The molecule has 0 aliphatic carbocycles. The summed E-state index contributed by atoms with van der Waals surface area (Å²) in [5.74, 6) is -0.685. The van der Waals surface area contributed by atoms with E-state index in [0.29, 0.717) is 10.8 Å². The highest BCUT2D eigenvalue weighted by atomic mass is 35.5. The predicted molar refractivity (Wildman–Crippen MR) is 110 cm³/mol. The van der Waals surface area contributed by atoms with Crippen molar-refractivity contribution in [3.63, 3.8) is 0 Å². The third kappa shape index (κ3) is 4.07. The number of fused-ring (bicyclic) bond motifs is 1. The molecule has 1 N–H and O–H groups in total. The summed E-state index contributed by atoms with van der Waals surface area (Å²) in [7, 11) is 0. The fourth-order valence-electron chi connectivity index (χ4n) is 2.99. The Labute approximate surface area is 171 Å². The molecule has 146 valence electrons. The van der Waals surface area contributed by atoms with Gasteiger partial charge in [-0.2, -0.15) is 0 Å². The first-order valence-corrected chi connectivity index (χ1v) is 9.30. The number of amides is 1. The number of para-hydroxylation sites is 1. The molecule has 4 aromatic rings. The molecule has 0 fully saturated rings. The van der Waals surface area contributed by atoms with E-state index in [9.17, 15) is 9.18 Å². The zero-order valence-corrected chi connectivity index (χ0v) is 16.3. The molecule has 0 bridgehead atoms. The molecule has 2 aromatic carbocycles. The minimum absolute atomic E-state index is 0.00753. The van der Waals surface area contributed by atoms with E-state index in [4.69, 9.17) is 16.3 Å². The first kappa shape index (κ1) is 19.0. The van der Waals surface area contributed by atoms with Crippen LogP contribution in [0.4, 0.5) is 10.1 Å². The Bertz CT molecular complexity index is 1210. The molecule has 0 radical (unpaired) electrons. The minimum atomic E-state index is -0.568. The molecule has 1 amide bonds. The highest BCUT2D eigenvalue weighted by molar-refractivity contribution is 6.31. The van der Waals surface area contributed by atoms with E-state index >= 15 is 0 Å². The molecule has 2 aromatic heterocycles. The lowest BCUT2D eigenvalue weighted by atomic mass is 10.2. The summed E-state index contributed by atoms with van der Waals surface area (Å²) < 4.78 is 21.7. The van der Waals surface area contributed by atoms with E-state index < -0.39 is 11.7 Å². The van der Waals surface area contributed by atoms with Gasteiger partial charge in [0.05, 0.1) is 16.9 Å². The van der Waals surface area contributed by atoms with Crippen molar-refractivity contribution in [1.82, 2.24) is 9.38 Å². The molecule has 0 spiro atoms. The molecule has 2 heterocycles. The topological polar surface area (TPSA) is 55.6 Å². The zero-order chi connectivity index (χ0) is 20.4. The summed E-state index contributed by atoms with van der Waals surface area (Å²) >= 11 is 5.89. The molecular weight excluding hydrogens is 393 g/mol. The number of anilines is 1. The summed E-state index contributed by atoms with van der Waals surface area (Å²) in [6.45, 7) is 2.18. The number of hydrogen-bond donors (Lipinski definition) is 1. The second-order valence-electron chi connectivity index (χ2n) is 6.52. The maximum Gasteiger partial charge on any atom is 0.259 e. The molecule has 4 rings (SSSR count). The predicted octanol–water partition coefficient (Wildman–Crippen LogP) is 5.27. The zero-order valence-electron chi connectivity index (χ0n) is 15.5. The smallest absolute Gasteiger partial charge is 0.259 e. The number of carbonyl (C=O) groups excluding carboxylic acids is 1. The second-order valence-corrected chi connectivity index (χ2v) is 6.95. The van der Waals surface area contributed by atoms with E-state index in [-0.39, 0.29) is 17.9 Å². The number of rotatable bonds is 5. The molecule has 29 heavy (non-hydrogen) atoms. The average molecular weight is 410 g/mol. The third-order valence-corrected chi connectivity index (χ3v) is 4.65. The van der Waals surface area contributed by atoms with Crippen LogP contribution < -0.4 is 10.1 Å². The van der Waals surface area contributed by atoms with Crippen LogP contribution in [0.15, 0.2) is 67.0 Å². The summed E-state index contributed by atoms with van der Waals surface area (Å²) in [5.41, 5.74) is 2.94. The standard InChI is InChI=1S/C22H17ClFN3O2/c1-14-5-4-10-27-12-16(25-21(14)27)13-29-20-7-3-2-6-17(20)22(28)26-19-11-15(23)8-9-18(19)24/h2-12H,13H2,1H3,(H,26,28). The van der Waals surface area contributed by atoms with Crippen LogP contribution in [-0.2, 0) is 6.61 Å². The molecule has 0 saturated carbocycles. The molecule has 0 saturated heterocycles. The number of carbonyl (C=O) groups is 1. The van der Waals surface area contributed by atoms with Gasteiger partial charge in [0, 0.05) is 17.4 Å². The highest BCUT2D eigenvalue weighted by Gasteiger charge is 2.15. The van der Waals surface area contributed by atoms with Crippen LogP contribution in [0.5, 0.6) is 5.75 Å². The minimum Gasteiger partial charge on any atom is -0.486 e. The molecule has 0 aliphatic heterocycles. The van der Waals surface area contributed by atoms with Gasteiger partial charge in [-0.15, -0.1) is 0 Å². The van der Waals surface area contributed by atoms with Crippen molar-refractivity contribution in [3.05, 3.63) is 94.7 Å². The van der Waals surface area contributed by atoms with Gasteiger partial charge in [-0.1, -0.05) is 29.8 Å². The van der Waals surface area contributed by atoms with Crippen molar-refractivity contribution < 1.29 is 13.9 Å². The van der Waals surface area contributed by atoms with Gasteiger partial charge in [-0.05, 0) is 48.9 Å². The Kier molecular flexibility index (Phi) is 5.18. The number of benzene rings is 2. The maximum absolute atomic E-state index is 13.9. The summed E-state index contributed by atoms with van der Waals surface area (Å²) in [5, 5.41) is 2.86. The molecule has 0 unspecified atom stereocenters. The molecule has 0 atom stereocenters. The number of halogens is 2. The monoisotopic (exact) mass is 409 g/mol. The van der Waals surface area contributed by atoms with Crippen molar-refractivity contribution in [3.8, 4) is 5.75 Å².